The van der Waals surface area contributed by atoms with Crippen molar-refractivity contribution in [3.05, 3.63) is 0 Å². The summed E-state index contributed by atoms with van der Waals surface area (Å²) in [6.45, 7) is 5.05. The van der Waals surface area contributed by atoms with Crippen molar-refractivity contribution in [1.29, 1.82) is 0 Å². The van der Waals surface area contributed by atoms with Gasteiger partial charge in [0.1, 0.15) is 18.1 Å². The normalized spacial score (nSPS) is 15.1. The molecule has 0 heterocycles. The van der Waals surface area contributed by atoms with Crippen molar-refractivity contribution in [2.24, 2.45) is 28.1 Å². The van der Waals surface area contributed by atoms with E-state index in [0.717, 1.165) is 0 Å². The number of aliphatic carboxylic acids is 2. The minimum absolute atomic E-state index is 0.0800. The molecule has 0 aromatic rings. The van der Waals surface area contributed by atoms with Gasteiger partial charge < -0.3 is 43.4 Å². The summed E-state index contributed by atoms with van der Waals surface area (Å²) in [5.41, 5.74) is 16.2. The molecule has 0 aromatic heterocycles. The smallest absolute Gasteiger partial charge is 0.326 e. The Balaban J connectivity index is 5.10. The lowest BCUT2D eigenvalue weighted by atomic mass is 9.98. The average Bonchev–Trinajstić information content (AvgIpc) is 2.75. The van der Waals surface area contributed by atoms with Crippen LogP contribution >= 0.6 is 0 Å². The molecular weight excluding hydrogens is 450 g/mol. The maximum absolute atomic E-state index is 12.7. The summed E-state index contributed by atoms with van der Waals surface area (Å²) in [6, 6.07) is -4.55. The molecule has 0 aliphatic heterocycles. The lowest BCUT2D eigenvalue weighted by molar-refractivity contribution is -0.144. The fourth-order valence-corrected chi connectivity index (χ4v) is 2.81. The molecule has 0 saturated heterocycles. The second kappa shape index (κ2) is 15.4. The molecule has 0 aliphatic rings. The molecule has 11 N–H and O–H groups in total. The number of rotatable bonds is 16. The van der Waals surface area contributed by atoms with Gasteiger partial charge in [0.25, 0.3) is 0 Å². The maximum Gasteiger partial charge on any atom is 0.326 e. The minimum Gasteiger partial charge on any atom is -0.481 e. The van der Waals surface area contributed by atoms with Gasteiger partial charge in [-0.25, -0.2) is 4.79 Å². The van der Waals surface area contributed by atoms with Crippen molar-refractivity contribution < 1.29 is 34.2 Å². The average molecular weight is 488 g/mol. The van der Waals surface area contributed by atoms with E-state index in [1.165, 1.54) is 6.92 Å². The van der Waals surface area contributed by atoms with Crippen molar-refractivity contribution in [1.82, 2.24) is 16.0 Å². The molecular formula is C20H37N7O7. The van der Waals surface area contributed by atoms with Crippen LogP contribution in [-0.4, -0.2) is 76.5 Å². The standard InChI is InChI=1S/C20H37N7O7/c1-4-10(2)15(19(33)34)27-18(32)13(7-8-14(28)29)26-16(30)11(3)25-17(31)12(21)6-5-9-24-20(22)23/h10-13,15H,4-9,21H2,1-3H3,(H,25,31)(H,26,30)(H,27,32)(H,28,29)(H,33,34)(H4,22,23,24)/t10-,11-,12-,13-,15-/m0/s1. The Kier molecular flexibility index (Phi) is 13.9. The molecule has 0 radical (unpaired) electrons. The summed E-state index contributed by atoms with van der Waals surface area (Å²) in [7, 11) is 0. The van der Waals surface area contributed by atoms with Gasteiger partial charge in [-0.15, -0.1) is 0 Å². The molecule has 14 heteroatoms. The zero-order valence-electron chi connectivity index (χ0n) is 19.7. The van der Waals surface area contributed by atoms with Gasteiger partial charge in [0.15, 0.2) is 5.96 Å². The molecule has 0 fully saturated rings. The Hall–Kier alpha value is -3.42. The van der Waals surface area contributed by atoms with Crippen LogP contribution in [0.3, 0.4) is 0 Å². The SMILES string of the molecule is CC[C@H](C)[C@H](NC(=O)[C@H](CCC(=O)O)NC(=O)[C@H](C)NC(=O)[C@@H](N)CCCN=C(N)N)C(=O)O. The molecule has 0 spiro atoms. The second-order valence-corrected chi connectivity index (χ2v) is 7.99. The highest BCUT2D eigenvalue weighted by Gasteiger charge is 2.31. The molecule has 194 valence electrons. The van der Waals surface area contributed by atoms with E-state index in [0.29, 0.717) is 12.8 Å². The van der Waals surface area contributed by atoms with Gasteiger partial charge in [-0.2, -0.15) is 0 Å². The van der Waals surface area contributed by atoms with Crippen LogP contribution in [0.4, 0.5) is 0 Å². The first-order chi connectivity index (χ1) is 15.8. The van der Waals surface area contributed by atoms with Gasteiger partial charge in [-0.1, -0.05) is 20.3 Å². The largest absolute Gasteiger partial charge is 0.481 e. The molecule has 34 heavy (non-hydrogen) atoms. The summed E-state index contributed by atoms with van der Waals surface area (Å²) in [5, 5.41) is 25.5. The fourth-order valence-electron chi connectivity index (χ4n) is 2.81. The topological polar surface area (TPSA) is 252 Å². The van der Waals surface area contributed by atoms with Gasteiger partial charge in [-0.05, 0) is 32.1 Å². The quantitative estimate of drug-likeness (QED) is 0.0664. The number of nitrogens with two attached hydrogens (primary N) is 3. The second-order valence-electron chi connectivity index (χ2n) is 7.99. The lowest BCUT2D eigenvalue weighted by Gasteiger charge is -2.25. The molecule has 14 nitrogen and oxygen atoms in total. The van der Waals surface area contributed by atoms with Gasteiger partial charge >= 0.3 is 11.9 Å². The number of hydrogen-bond acceptors (Lipinski definition) is 7. The highest BCUT2D eigenvalue weighted by Crippen LogP contribution is 2.09. The van der Waals surface area contributed by atoms with Gasteiger partial charge in [-0.3, -0.25) is 24.2 Å². The number of carbonyl (C=O) groups excluding carboxylic acids is 3. The summed E-state index contributed by atoms with van der Waals surface area (Å²) in [5.74, 6) is -5.13. The molecule has 0 saturated carbocycles. The van der Waals surface area contributed by atoms with Gasteiger partial charge in [0.2, 0.25) is 17.7 Å². The van der Waals surface area contributed by atoms with E-state index in [9.17, 15) is 29.1 Å². The predicted molar refractivity (Wildman–Crippen MR) is 123 cm³/mol. The van der Waals surface area contributed by atoms with E-state index in [4.69, 9.17) is 22.3 Å². The minimum atomic E-state index is -1.32. The summed E-state index contributed by atoms with van der Waals surface area (Å²) in [6.07, 6.45) is 0.447. The first-order valence-electron chi connectivity index (χ1n) is 11.0. The van der Waals surface area contributed by atoms with Crippen LogP contribution in [0.15, 0.2) is 4.99 Å². The number of nitrogens with one attached hydrogen (secondary N) is 3. The lowest BCUT2D eigenvalue weighted by Crippen LogP contribution is -2.57. The van der Waals surface area contributed by atoms with Crippen molar-refractivity contribution in [2.75, 3.05) is 6.54 Å². The third-order valence-electron chi connectivity index (χ3n) is 5.11. The van der Waals surface area contributed by atoms with E-state index < -0.39 is 66.2 Å². The molecule has 5 atom stereocenters. The van der Waals surface area contributed by atoms with Crippen LogP contribution in [0.2, 0.25) is 0 Å². The van der Waals surface area contributed by atoms with Crippen LogP contribution in [-0.2, 0) is 24.0 Å². The molecule has 3 amide bonds. The van der Waals surface area contributed by atoms with Crippen molar-refractivity contribution >= 4 is 35.6 Å². The number of carbonyl (C=O) groups is 5. The molecule has 0 rings (SSSR count). The van der Waals surface area contributed by atoms with Gasteiger partial charge in [0, 0.05) is 13.0 Å². The van der Waals surface area contributed by atoms with Crippen molar-refractivity contribution in [3.8, 4) is 0 Å². The van der Waals surface area contributed by atoms with Crippen LogP contribution in [0, 0.1) is 5.92 Å². The van der Waals surface area contributed by atoms with Crippen molar-refractivity contribution in [3.63, 3.8) is 0 Å². The van der Waals surface area contributed by atoms with E-state index in [1.54, 1.807) is 13.8 Å². The van der Waals surface area contributed by atoms with E-state index in [-0.39, 0.29) is 25.3 Å². The number of carboxylic acids is 2. The highest BCUT2D eigenvalue weighted by atomic mass is 16.4. The Morgan fingerprint density at radius 3 is 2.03 bits per heavy atom. The van der Waals surface area contributed by atoms with Crippen molar-refractivity contribution in [2.45, 2.75) is 77.0 Å². The Morgan fingerprint density at radius 1 is 0.912 bits per heavy atom. The molecule has 0 aromatic carbocycles. The summed E-state index contributed by atoms with van der Waals surface area (Å²) in [4.78, 5) is 63.7. The number of guanidine groups is 1. The summed E-state index contributed by atoms with van der Waals surface area (Å²) < 4.78 is 0. The van der Waals surface area contributed by atoms with E-state index in [1.807, 2.05) is 0 Å². The first kappa shape index (κ1) is 30.6. The Morgan fingerprint density at radius 2 is 1.53 bits per heavy atom. The number of hydrogen-bond donors (Lipinski definition) is 8. The van der Waals surface area contributed by atoms with E-state index >= 15 is 0 Å². The molecule has 0 unspecified atom stereocenters. The zero-order chi connectivity index (χ0) is 26.4. The highest BCUT2D eigenvalue weighted by molar-refractivity contribution is 5.94. The monoisotopic (exact) mass is 487 g/mol. The van der Waals surface area contributed by atoms with Crippen LogP contribution in [0.1, 0.15) is 52.9 Å². The van der Waals surface area contributed by atoms with Crippen LogP contribution in [0.5, 0.6) is 0 Å². The van der Waals surface area contributed by atoms with Gasteiger partial charge in [0.05, 0.1) is 6.04 Å². The summed E-state index contributed by atoms with van der Waals surface area (Å²) >= 11 is 0. The molecule has 0 bridgehead atoms. The maximum atomic E-state index is 12.7. The van der Waals surface area contributed by atoms with Crippen LogP contribution in [0.25, 0.3) is 0 Å². The Labute approximate surface area is 198 Å². The fraction of sp³-hybridized carbons (Fsp3) is 0.700. The number of aliphatic imine (C=N–C) groups is 1. The predicted octanol–water partition coefficient (Wildman–Crippen LogP) is -2.16. The molecule has 0 aliphatic carbocycles. The zero-order valence-corrected chi connectivity index (χ0v) is 19.7. The Bertz CT molecular complexity index is 756. The number of amides is 3. The van der Waals surface area contributed by atoms with E-state index in [2.05, 4.69) is 20.9 Å². The third kappa shape index (κ3) is 12.0. The first-order valence-corrected chi connectivity index (χ1v) is 11.0. The number of nitrogens with zero attached hydrogens (tertiary/aromatic N) is 1. The number of carboxylic acid groups (broad SMARTS) is 2. The van der Waals surface area contributed by atoms with Crippen LogP contribution < -0.4 is 33.2 Å². The third-order valence-corrected chi connectivity index (χ3v) is 5.11.